The molecule has 0 radical (unpaired) electrons. The molecule has 2 aromatic carbocycles. The molecule has 5 rings (SSSR count). The summed E-state index contributed by atoms with van der Waals surface area (Å²) in [6, 6.07) is 16.2. The van der Waals surface area contributed by atoms with Crippen LogP contribution < -0.4 is 0 Å². The van der Waals surface area contributed by atoms with Gasteiger partial charge < -0.3 is 34.2 Å². The van der Waals surface area contributed by atoms with E-state index >= 15 is 0 Å². The number of nitrogens with zero attached hydrogens (tertiary/aromatic N) is 2. The smallest absolute Gasteiger partial charge is 0.410 e. The van der Waals surface area contributed by atoms with Crippen molar-refractivity contribution in [1.29, 1.82) is 0 Å². The predicted octanol–water partition coefficient (Wildman–Crippen LogP) is 3.32. The van der Waals surface area contributed by atoms with Gasteiger partial charge in [0.05, 0.1) is 25.1 Å². The van der Waals surface area contributed by atoms with E-state index in [2.05, 4.69) is 12.1 Å². The highest BCUT2D eigenvalue weighted by molar-refractivity contribution is 5.79. The number of benzene rings is 2. The lowest BCUT2D eigenvalue weighted by Crippen LogP contribution is -2.80. The maximum absolute atomic E-state index is 13.0. The standard InChI is InChI=1S/C29H34N2O8/c1-27(2,3)39-26(35)30-14-28(15-30,18-37-13-24(32)33)29(36)16-31(17-29)25(34)38-12-23-21-10-6-4-8-19(21)20-9-5-7-11-22(20)23/h4-11,23,36H,12-18H2,1-3H3,(H,32,33). The van der Waals surface area contributed by atoms with E-state index in [9.17, 15) is 19.5 Å². The Morgan fingerprint density at radius 2 is 1.44 bits per heavy atom. The van der Waals surface area contributed by atoms with Crippen LogP contribution in [0.2, 0.25) is 0 Å². The number of aliphatic carboxylic acids is 1. The topological polar surface area (TPSA) is 126 Å². The third-order valence-electron chi connectivity index (χ3n) is 7.73. The van der Waals surface area contributed by atoms with Crippen LogP contribution in [0.5, 0.6) is 0 Å². The number of carbonyl (C=O) groups is 3. The Balaban J connectivity index is 1.21. The highest BCUT2D eigenvalue weighted by atomic mass is 16.6. The molecule has 0 aromatic heterocycles. The zero-order valence-electron chi connectivity index (χ0n) is 22.4. The Bertz CT molecular complexity index is 1230. The summed E-state index contributed by atoms with van der Waals surface area (Å²) in [7, 11) is 0. The summed E-state index contributed by atoms with van der Waals surface area (Å²) < 4.78 is 16.5. The largest absolute Gasteiger partial charge is 0.480 e. The van der Waals surface area contributed by atoms with Crippen LogP contribution in [0, 0.1) is 5.41 Å². The van der Waals surface area contributed by atoms with Crippen LogP contribution in [0.3, 0.4) is 0 Å². The van der Waals surface area contributed by atoms with Gasteiger partial charge in [0.2, 0.25) is 0 Å². The zero-order valence-corrected chi connectivity index (χ0v) is 22.4. The van der Waals surface area contributed by atoms with Crippen LogP contribution in [0.15, 0.2) is 48.5 Å². The van der Waals surface area contributed by atoms with E-state index in [1.807, 2.05) is 36.4 Å². The van der Waals surface area contributed by atoms with Crippen molar-refractivity contribution in [3.05, 3.63) is 59.7 Å². The van der Waals surface area contributed by atoms with Crippen LogP contribution >= 0.6 is 0 Å². The van der Waals surface area contributed by atoms with Crippen LogP contribution in [0.1, 0.15) is 37.8 Å². The van der Waals surface area contributed by atoms with E-state index < -0.39 is 41.4 Å². The van der Waals surface area contributed by atoms with E-state index in [0.717, 1.165) is 22.3 Å². The van der Waals surface area contributed by atoms with Crippen molar-refractivity contribution < 1.29 is 38.8 Å². The number of fused-ring (bicyclic) bond motifs is 3. The molecule has 3 aliphatic rings. The fourth-order valence-corrected chi connectivity index (χ4v) is 5.73. The van der Waals surface area contributed by atoms with E-state index in [1.165, 1.54) is 9.80 Å². The van der Waals surface area contributed by atoms with Gasteiger partial charge >= 0.3 is 18.2 Å². The van der Waals surface area contributed by atoms with Crippen molar-refractivity contribution in [2.24, 2.45) is 5.41 Å². The monoisotopic (exact) mass is 538 g/mol. The van der Waals surface area contributed by atoms with Crippen LogP contribution in [-0.4, -0.2) is 95.4 Å². The summed E-state index contributed by atoms with van der Waals surface area (Å²) in [5.41, 5.74) is 1.51. The SMILES string of the molecule is CC(C)(C)OC(=O)N1CC(COCC(=O)O)(C2(O)CN(C(=O)OCC3c4ccccc4-c4ccccc43)C2)C1. The molecule has 2 aromatic rings. The highest BCUT2D eigenvalue weighted by Gasteiger charge is 2.65. The van der Waals surface area contributed by atoms with Crippen molar-refractivity contribution in [3.63, 3.8) is 0 Å². The molecule has 0 spiro atoms. The van der Waals surface area contributed by atoms with Crippen molar-refractivity contribution in [2.45, 2.75) is 37.9 Å². The summed E-state index contributed by atoms with van der Waals surface area (Å²) >= 11 is 0. The molecular weight excluding hydrogens is 504 g/mol. The Morgan fingerprint density at radius 1 is 0.897 bits per heavy atom. The van der Waals surface area contributed by atoms with Crippen molar-refractivity contribution in [3.8, 4) is 11.1 Å². The minimum atomic E-state index is -1.37. The number of hydrogen-bond acceptors (Lipinski definition) is 7. The van der Waals surface area contributed by atoms with Crippen molar-refractivity contribution in [1.82, 2.24) is 9.80 Å². The van der Waals surface area contributed by atoms with Gasteiger partial charge in [-0.05, 0) is 43.0 Å². The number of likely N-dealkylation sites (tertiary alicyclic amines) is 2. The number of rotatable bonds is 7. The summed E-state index contributed by atoms with van der Waals surface area (Å²) in [5, 5.41) is 20.5. The van der Waals surface area contributed by atoms with Crippen molar-refractivity contribution in [2.75, 3.05) is 46.0 Å². The predicted molar refractivity (Wildman–Crippen MR) is 140 cm³/mol. The lowest BCUT2D eigenvalue weighted by atomic mass is 9.63. The van der Waals surface area contributed by atoms with E-state index in [0.29, 0.717) is 0 Å². The first-order valence-electron chi connectivity index (χ1n) is 13.0. The molecule has 10 heteroatoms. The van der Waals surface area contributed by atoms with E-state index in [-0.39, 0.29) is 45.3 Å². The maximum atomic E-state index is 13.0. The van der Waals surface area contributed by atoms with Crippen LogP contribution in [-0.2, 0) is 19.0 Å². The van der Waals surface area contributed by atoms with Gasteiger partial charge in [0.25, 0.3) is 0 Å². The number of β-amino-alcohol motifs (C(OH)–C–C–N with tert-alkyl or cyclic N) is 1. The summed E-state index contributed by atoms with van der Waals surface area (Å²) in [6.45, 7) is 5.08. The van der Waals surface area contributed by atoms with E-state index in [4.69, 9.17) is 19.3 Å². The first-order chi connectivity index (χ1) is 18.4. The maximum Gasteiger partial charge on any atom is 0.410 e. The second kappa shape index (κ2) is 9.84. The normalized spacial score (nSPS) is 18.9. The molecule has 208 valence electrons. The fraction of sp³-hybridized carbons (Fsp3) is 0.483. The van der Waals surface area contributed by atoms with E-state index in [1.54, 1.807) is 20.8 Å². The second-order valence-corrected chi connectivity index (χ2v) is 11.7. The van der Waals surface area contributed by atoms with Crippen LogP contribution in [0.4, 0.5) is 9.59 Å². The van der Waals surface area contributed by atoms with Gasteiger partial charge in [0, 0.05) is 19.0 Å². The highest BCUT2D eigenvalue weighted by Crippen LogP contribution is 2.47. The molecule has 2 saturated heterocycles. The molecule has 0 bridgehead atoms. The summed E-state index contributed by atoms with van der Waals surface area (Å²) in [5.74, 6) is -1.21. The third-order valence-corrected chi connectivity index (χ3v) is 7.73. The first-order valence-corrected chi connectivity index (χ1v) is 13.0. The van der Waals surface area contributed by atoms with Crippen LogP contribution in [0.25, 0.3) is 11.1 Å². The lowest BCUT2D eigenvalue weighted by molar-refractivity contribution is -0.232. The second-order valence-electron chi connectivity index (χ2n) is 11.7. The summed E-state index contributed by atoms with van der Waals surface area (Å²) in [4.78, 5) is 39.3. The van der Waals surface area contributed by atoms with Gasteiger partial charge in [-0.15, -0.1) is 0 Å². The number of carbonyl (C=O) groups excluding carboxylic acids is 2. The summed E-state index contributed by atoms with van der Waals surface area (Å²) in [6.07, 6.45) is -1.06. The Morgan fingerprint density at radius 3 is 1.97 bits per heavy atom. The molecule has 2 aliphatic heterocycles. The van der Waals surface area contributed by atoms with Gasteiger partial charge in [-0.2, -0.15) is 0 Å². The van der Waals surface area contributed by atoms with Gasteiger partial charge in [-0.25, -0.2) is 14.4 Å². The van der Waals surface area contributed by atoms with Gasteiger partial charge in [0.15, 0.2) is 0 Å². The first kappa shape index (κ1) is 27.0. The molecule has 1 aliphatic carbocycles. The molecule has 0 unspecified atom stereocenters. The molecule has 0 saturated carbocycles. The third kappa shape index (κ3) is 5.06. The lowest BCUT2D eigenvalue weighted by Gasteiger charge is -2.62. The fourth-order valence-electron chi connectivity index (χ4n) is 5.73. The number of ether oxygens (including phenoxy) is 3. The molecule has 2 fully saturated rings. The van der Waals surface area contributed by atoms with Crippen molar-refractivity contribution >= 4 is 18.2 Å². The molecule has 2 amide bonds. The van der Waals surface area contributed by atoms with Gasteiger partial charge in [0.1, 0.15) is 24.4 Å². The Hall–Kier alpha value is -3.63. The Labute approximate surface area is 227 Å². The molecular formula is C29H34N2O8. The quantitative estimate of drug-likeness (QED) is 0.550. The van der Waals surface area contributed by atoms with Gasteiger partial charge in [-0.1, -0.05) is 48.5 Å². The molecule has 39 heavy (non-hydrogen) atoms. The number of carboxylic acid groups (broad SMARTS) is 1. The number of amides is 2. The Kier molecular flexibility index (Phi) is 6.80. The minimum absolute atomic E-state index is 0.0116. The number of aliphatic hydroxyl groups is 1. The zero-order chi connectivity index (χ0) is 28.0. The molecule has 10 nitrogen and oxygen atoms in total. The average Bonchev–Trinajstić information content (AvgIpc) is 3.14. The minimum Gasteiger partial charge on any atom is -0.480 e. The molecule has 0 atom stereocenters. The molecule has 2 N–H and O–H groups in total. The van der Waals surface area contributed by atoms with Gasteiger partial charge in [-0.3, -0.25) is 0 Å². The number of hydrogen-bond donors (Lipinski definition) is 2. The molecule has 2 heterocycles. The average molecular weight is 539 g/mol. The number of carboxylic acids is 1.